The number of hydrogen-bond donors (Lipinski definition) is 1. The zero-order chi connectivity index (χ0) is 24.5. The molecule has 2 bridgehead atoms. The Morgan fingerprint density at radius 3 is 2.86 bits per heavy atom. The summed E-state index contributed by atoms with van der Waals surface area (Å²) in [6.07, 6.45) is 8.56. The maximum absolute atomic E-state index is 13.2. The van der Waals surface area contributed by atoms with Gasteiger partial charge in [0.05, 0.1) is 29.6 Å². The highest BCUT2D eigenvalue weighted by Gasteiger charge is 2.73. The molecule has 3 heterocycles. The first kappa shape index (κ1) is 22.4. The van der Waals surface area contributed by atoms with Crippen molar-refractivity contribution in [3.63, 3.8) is 0 Å². The molecule has 35 heavy (non-hydrogen) atoms. The van der Waals surface area contributed by atoms with Gasteiger partial charge in [-0.15, -0.1) is 0 Å². The first-order valence-electron chi connectivity index (χ1n) is 12.2. The molecule has 0 unspecified atom stereocenters. The summed E-state index contributed by atoms with van der Waals surface area (Å²) in [4.78, 5) is 29.0. The number of piperidine rings is 1. The van der Waals surface area contributed by atoms with Crippen LogP contribution in [0.1, 0.15) is 42.9 Å². The Balaban J connectivity index is 1.43. The van der Waals surface area contributed by atoms with E-state index in [1.807, 2.05) is 6.07 Å². The number of rotatable bonds is 4. The number of aliphatic hydroxyl groups is 1. The molecule has 184 valence electrons. The molecule has 5 atom stereocenters. The van der Waals surface area contributed by atoms with Gasteiger partial charge in [-0.25, -0.2) is 0 Å². The topological polar surface area (TPSA) is 92.5 Å². The van der Waals surface area contributed by atoms with E-state index in [4.69, 9.17) is 13.9 Å². The molecule has 1 spiro atoms. The number of carbonyl (C=O) groups is 2. The summed E-state index contributed by atoms with van der Waals surface area (Å²) in [5, 5.41) is 12.4. The van der Waals surface area contributed by atoms with Crippen molar-refractivity contribution in [1.82, 2.24) is 9.80 Å². The fraction of sp³-hybridized carbons (Fsp3) is 0.481. The minimum absolute atomic E-state index is 0.0386. The van der Waals surface area contributed by atoms with Gasteiger partial charge in [0, 0.05) is 37.2 Å². The minimum atomic E-state index is -0.995. The van der Waals surface area contributed by atoms with Crippen molar-refractivity contribution < 1.29 is 28.6 Å². The van der Waals surface area contributed by atoms with Crippen LogP contribution in [0, 0.1) is 0 Å². The van der Waals surface area contributed by atoms with Gasteiger partial charge in [-0.3, -0.25) is 9.59 Å². The standard InChI is InChI=1S/C27H30N2O6/c1-16(30)34-20-6-5-18-14-21-27(32)10-8-19(29(3)22(31)7-4-17-9-13-33-15-17)25-26(27,11-12-28(21)2)23(18)24(20)35-25/h4-7,9,13,15,19,21,25,32H,8,10-12,14H2,1-3H3/b7-4+/t19-,21-,25+,26+,27-/m1/s1. The Hall–Kier alpha value is -3.10. The maximum atomic E-state index is 13.2. The lowest BCUT2D eigenvalue weighted by molar-refractivity contribution is -0.195. The van der Waals surface area contributed by atoms with Crippen molar-refractivity contribution in [2.75, 3.05) is 20.6 Å². The quantitative estimate of drug-likeness (QED) is 0.410. The molecule has 2 aliphatic carbocycles. The number of benzene rings is 1. The molecule has 1 saturated heterocycles. The second-order valence-electron chi connectivity index (χ2n) is 10.4. The highest BCUT2D eigenvalue weighted by molar-refractivity contribution is 5.92. The second kappa shape index (κ2) is 7.70. The van der Waals surface area contributed by atoms with Crippen molar-refractivity contribution in [2.24, 2.45) is 0 Å². The Morgan fingerprint density at radius 2 is 2.11 bits per heavy atom. The van der Waals surface area contributed by atoms with Crippen molar-refractivity contribution in [3.05, 3.63) is 53.5 Å². The van der Waals surface area contributed by atoms with E-state index in [9.17, 15) is 14.7 Å². The number of amides is 1. The number of nitrogens with zero attached hydrogens (tertiary/aromatic N) is 2. The van der Waals surface area contributed by atoms with Crippen molar-refractivity contribution in [1.29, 1.82) is 0 Å². The fourth-order valence-corrected chi connectivity index (χ4v) is 7.17. The average molecular weight is 479 g/mol. The van der Waals surface area contributed by atoms with Crippen LogP contribution in [0.5, 0.6) is 11.5 Å². The normalized spacial score (nSPS) is 32.7. The fourth-order valence-electron chi connectivity index (χ4n) is 7.17. The van der Waals surface area contributed by atoms with E-state index in [2.05, 4.69) is 11.9 Å². The molecule has 6 rings (SSSR count). The second-order valence-corrected chi connectivity index (χ2v) is 10.4. The molecule has 1 N–H and O–H groups in total. The third-order valence-corrected chi connectivity index (χ3v) is 8.74. The van der Waals surface area contributed by atoms with E-state index in [0.29, 0.717) is 37.2 Å². The largest absolute Gasteiger partial charge is 0.483 e. The summed E-state index contributed by atoms with van der Waals surface area (Å²) < 4.78 is 17.3. The molecular formula is C27H30N2O6. The first-order chi connectivity index (χ1) is 16.8. The smallest absolute Gasteiger partial charge is 0.308 e. The van der Waals surface area contributed by atoms with Gasteiger partial charge in [-0.1, -0.05) is 6.07 Å². The number of likely N-dealkylation sites (N-methyl/N-ethyl adjacent to an activating group) is 2. The Kier molecular flexibility index (Phi) is 4.92. The molecule has 1 aromatic carbocycles. The maximum Gasteiger partial charge on any atom is 0.308 e. The summed E-state index contributed by atoms with van der Waals surface area (Å²) in [7, 11) is 3.87. The lowest BCUT2D eigenvalue weighted by atomic mass is 9.48. The molecule has 2 fully saturated rings. The molecule has 2 aliphatic heterocycles. The van der Waals surface area contributed by atoms with Crippen molar-refractivity contribution >= 4 is 18.0 Å². The van der Waals surface area contributed by atoms with Gasteiger partial charge in [-0.05, 0) is 63.0 Å². The summed E-state index contributed by atoms with van der Waals surface area (Å²) in [6.45, 7) is 2.18. The molecule has 1 aromatic heterocycles. The van der Waals surface area contributed by atoms with Gasteiger partial charge in [0.2, 0.25) is 5.91 Å². The van der Waals surface area contributed by atoms with Gasteiger partial charge >= 0.3 is 5.97 Å². The lowest BCUT2D eigenvalue weighted by Gasteiger charge is -2.64. The molecule has 4 aliphatic rings. The van der Waals surface area contributed by atoms with Crippen LogP contribution in [0.4, 0.5) is 0 Å². The van der Waals surface area contributed by atoms with Crippen LogP contribution >= 0.6 is 0 Å². The van der Waals surface area contributed by atoms with E-state index in [1.54, 1.807) is 48.8 Å². The van der Waals surface area contributed by atoms with Gasteiger partial charge < -0.3 is 28.8 Å². The number of furan rings is 1. The molecule has 0 radical (unpaired) electrons. The van der Waals surface area contributed by atoms with E-state index in [0.717, 1.165) is 23.2 Å². The van der Waals surface area contributed by atoms with Crippen LogP contribution in [0.2, 0.25) is 0 Å². The number of likely N-dealkylation sites (tertiary alicyclic amines) is 1. The van der Waals surface area contributed by atoms with Crippen LogP contribution in [-0.4, -0.2) is 71.2 Å². The zero-order valence-corrected chi connectivity index (χ0v) is 20.2. The van der Waals surface area contributed by atoms with Gasteiger partial charge in [0.15, 0.2) is 11.5 Å². The Morgan fingerprint density at radius 1 is 1.29 bits per heavy atom. The number of esters is 1. The summed E-state index contributed by atoms with van der Waals surface area (Å²) in [5.74, 6) is 0.370. The predicted molar refractivity (Wildman–Crippen MR) is 127 cm³/mol. The highest BCUT2D eigenvalue weighted by Crippen LogP contribution is 2.65. The van der Waals surface area contributed by atoms with Gasteiger partial charge in [0.25, 0.3) is 0 Å². The first-order valence-corrected chi connectivity index (χ1v) is 12.2. The third kappa shape index (κ3) is 2.99. The van der Waals surface area contributed by atoms with Crippen LogP contribution in [-0.2, 0) is 21.4 Å². The zero-order valence-electron chi connectivity index (χ0n) is 20.2. The van der Waals surface area contributed by atoms with Crippen LogP contribution in [0.3, 0.4) is 0 Å². The summed E-state index contributed by atoms with van der Waals surface area (Å²) in [5.41, 5.74) is 1.23. The summed E-state index contributed by atoms with van der Waals surface area (Å²) >= 11 is 0. The highest BCUT2D eigenvalue weighted by atomic mass is 16.6. The van der Waals surface area contributed by atoms with E-state index >= 15 is 0 Å². The van der Waals surface area contributed by atoms with Crippen LogP contribution < -0.4 is 9.47 Å². The molecule has 8 nitrogen and oxygen atoms in total. The molecule has 2 aromatic rings. The molecular weight excluding hydrogens is 448 g/mol. The SMILES string of the molecule is CC(=O)Oc1ccc2c3c1O[C@H]1[C@H](N(C)C(=O)/C=C/c4ccoc4)CC[C@@]4(O)[C@@H](C2)N(C)CC[C@]314. The molecule has 8 heteroatoms. The van der Waals surface area contributed by atoms with E-state index in [1.165, 1.54) is 6.92 Å². The molecule has 1 amide bonds. The minimum Gasteiger partial charge on any atom is -0.483 e. The average Bonchev–Trinajstić information content (AvgIpc) is 3.46. The van der Waals surface area contributed by atoms with Crippen molar-refractivity contribution in [2.45, 2.75) is 61.8 Å². The third-order valence-electron chi connectivity index (χ3n) is 8.74. The van der Waals surface area contributed by atoms with E-state index < -0.39 is 23.1 Å². The lowest BCUT2D eigenvalue weighted by Crippen LogP contribution is -2.77. The number of hydrogen-bond acceptors (Lipinski definition) is 7. The Bertz CT molecular complexity index is 1220. The predicted octanol–water partition coefficient (Wildman–Crippen LogP) is 2.53. The molecule has 1 saturated carbocycles. The Labute approximate surface area is 204 Å². The van der Waals surface area contributed by atoms with Gasteiger partial charge in [0.1, 0.15) is 6.10 Å². The number of carbonyl (C=O) groups excluding carboxylic acids is 2. The van der Waals surface area contributed by atoms with Crippen LogP contribution in [0.15, 0.2) is 41.2 Å². The van der Waals surface area contributed by atoms with Gasteiger partial charge in [-0.2, -0.15) is 0 Å². The monoisotopic (exact) mass is 478 g/mol. The van der Waals surface area contributed by atoms with Crippen LogP contribution in [0.25, 0.3) is 6.08 Å². The summed E-state index contributed by atoms with van der Waals surface area (Å²) in [6, 6.07) is 5.30. The van der Waals surface area contributed by atoms with E-state index in [-0.39, 0.29) is 18.0 Å². The van der Waals surface area contributed by atoms with Crippen molar-refractivity contribution in [3.8, 4) is 11.5 Å². The number of ether oxygens (including phenoxy) is 2.